The van der Waals surface area contributed by atoms with E-state index in [4.69, 9.17) is 4.74 Å². The van der Waals surface area contributed by atoms with Gasteiger partial charge in [-0.15, -0.1) is 0 Å². The molecule has 0 spiro atoms. The molecule has 0 aliphatic heterocycles. The van der Waals surface area contributed by atoms with Gasteiger partial charge in [-0.25, -0.2) is 8.42 Å². The predicted octanol–water partition coefficient (Wildman–Crippen LogP) is 1.98. The second-order valence-electron chi connectivity index (χ2n) is 5.57. The third-order valence-corrected chi connectivity index (χ3v) is 4.79. The molecular formula is C17H18N2O6S. The molecule has 0 radical (unpaired) electrons. The molecule has 0 saturated heterocycles. The van der Waals surface area contributed by atoms with Crippen molar-refractivity contribution in [3.8, 4) is 5.75 Å². The molecular weight excluding hydrogens is 360 g/mol. The molecule has 9 heteroatoms. The van der Waals surface area contributed by atoms with Crippen LogP contribution in [-0.4, -0.2) is 39.2 Å². The predicted molar refractivity (Wildman–Crippen MR) is 95.2 cm³/mol. The van der Waals surface area contributed by atoms with E-state index in [1.165, 1.54) is 37.4 Å². The van der Waals surface area contributed by atoms with Crippen molar-refractivity contribution in [3.63, 3.8) is 0 Å². The normalized spacial score (nSPS) is 11.0. The highest BCUT2D eigenvalue weighted by molar-refractivity contribution is 7.90. The van der Waals surface area contributed by atoms with Crippen LogP contribution in [-0.2, 0) is 16.3 Å². The molecule has 0 bridgehead atoms. The lowest BCUT2D eigenvalue weighted by Crippen LogP contribution is -2.25. The first-order valence-corrected chi connectivity index (χ1v) is 9.51. The molecule has 138 valence electrons. The van der Waals surface area contributed by atoms with E-state index in [0.29, 0.717) is 13.0 Å². The lowest BCUT2D eigenvalue weighted by atomic mass is 10.1. The van der Waals surface area contributed by atoms with Gasteiger partial charge in [0.2, 0.25) is 0 Å². The van der Waals surface area contributed by atoms with Gasteiger partial charge in [0.05, 0.1) is 12.0 Å². The number of carbonyl (C=O) groups is 1. The van der Waals surface area contributed by atoms with E-state index in [1.54, 1.807) is 12.1 Å². The number of hydrogen-bond acceptors (Lipinski definition) is 6. The minimum absolute atomic E-state index is 0.00400. The number of non-ortho nitro benzene ring substituents is 1. The Kier molecular flexibility index (Phi) is 5.93. The van der Waals surface area contributed by atoms with E-state index in [0.717, 1.165) is 11.8 Å². The van der Waals surface area contributed by atoms with Crippen molar-refractivity contribution in [1.29, 1.82) is 0 Å². The van der Waals surface area contributed by atoms with Gasteiger partial charge in [-0.05, 0) is 30.2 Å². The second kappa shape index (κ2) is 7.96. The van der Waals surface area contributed by atoms with Crippen LogP contribution in [0.15, 0.2) is 47.4 Å². The fourth-order valence-electron chi connectivity index (χ4n) is 2.31. The maximum atomic E-state index is 12.2. The van der Waals surface area contributed by atoms with E-state index in [9.17, 15) is 23.3 Å². The largest absolute Gasteiger partial charge is 0.495 e. The summed E-state index contributed by atoms with van der Waals surface area (Å²) < 4.78 is 28.6. The molecule has 0 unspecified atom stereocenters. The Morgan fingerprint density at radius 3 is 2.38 bits per heavy atom. The first-order valence-electron chi connectivity index (χ1n) is 7.62. The zero-order valence-corrected chi connectivity index (χ0v) is 15.1. The third kappa shape index (κ3) is 4.79. The molecule has 0 atom stereocenters. The average Bonchev–Trinajstić information content (AvgIpc) is 2.60. The summed E-state index contributed by atoms with van der Waals surface area (Å²) in [4.78, 5) is 22.3. The number of sulfone groups is 1. The third-order valence-electron chi connectivity index (χ3n) is 3.67. The van der Waals surface area contributed by atoms with Crippen molar-refractivity contribution < 1.29 is 22.9 Å². The minimum atomic E-state index is -3.54. The van der Waals surface area contributed by atoms with E-state index >= 15 is 0 Å². The number of hydrogen-bond donors (Lipinski definition) is 1. The molecule has 0 aliphatic rings. The topological polar surface area (TPSA) is 116 Å². The van der Waals surface area contributed by atoms with E-state index in [1.807, 2.05) is 0 Å². The monoisotopic (exact) mass is 378 g/mol. The van der Waals surface area contributed by atoms with Gasteiger partial charge in [0.15, 0.2) is 9.84 Å². The van der Waals surface area contributed by atoms with Crippen LogP contribution >= 0.6 is 0 Å². The second-order valence-corrected chi connectivity index (χ2v) is 7.55. The van der Waals surface area contributed by atoms with Crippen molar-refractivity contribution in [3.05, 3.63) is 63.7 Å². The molecule has 0 heterocycles. The highest BCUT2D eigenvalue weighted by atomic mass is 32.2. The molecule has 0 aliphatic carbocycles. The van der Waals surface area contributed by atoms with Gasteiger partial charge in [0.25, 0.3) is 11.6 Å². The standard InChI is InChI=1S/C17H18N2O6S/c1-25-15-8-5-13(11-16(15)26(2,23)24)17(20)18-10-9-12-3-6-14(7-4-12)19(21)22/h3-8,11H,9-10H2,1-2H3,(H,18,20). The van der Waals surface area contributed by atoms with Gasteiger partial charge in [-0.1, -0.05) is 12.1 Å². The average molecular weight is 378 g/mol. The van der Waals surface area contributed by atoms with E-state index < -0.39 is 20.7 Å². The summed E-state index contributed by atoms with van der Waals surface area (Å²) >= 11 is 0. The number of rotatable bonds is 7. The SMILES string of the molecule is COc1ccc(C(=O)NCCc2ccc([N+](=O)[O-])cc2)cc1S(C)(=O)=O. The Hall–Kier alpha value is -2.94. The number of nitrogens with zero attached hydrogens (tertiary/aromatic N) is 1. The molecule has 1 N–H and O–H groups in total. The van der Waals surface area contributed by atoms with Crippen LogP contribution in [0, 0.1) is 10.1 Å². The maximum absolute atomic E-state index is 12.2. The van der Waals surface area contributed by atoms with Crippen LogP contribution in [0.3, 0.4) is 0 Å². The molecule has 0 fully saturated rings. The zero-order chi connectivity index (χ0) is 19.3. The lowest BCUT2D eigenvalue weighted by Gasteiger charge is -2.10. The van der Waals surface area contributed by atoms with Gasteiger partial charge >= 0.3 is 0 Å². The van der Waals surface area contributed by atoms with E-state index in [-0.39, 0.29) is 21.9 Å². The maximum Gasteiger partial charge on any atom is 0.269 e. The summed E-state index contributed by atoms with van der Waals surface area (Å²) in [6.45, 7) is 0.302. The van der Waals surface area contributed by atoms with Crippen LogP contribution in [0.2, 0.25) is 0 Å². The summed E-state index contributed by atoms with van der Waals surface area (Å²) in [5.74, 6) is -0.241. The quantitative estimate of drug-likeness (QED) is 0.582. The number of ether oxygens (including phenoxy) is 1. The van der Waals surface area contributed by atoms with E-state index in [2.05, 4.69) is 5.32 Å². The highest BCUT2D eigenvalue weighted by Gasteiger charge is 2.17. The molecule has 2 aromatic rings. The van der Waals surface area contributed by atoms with Gasteiger partial charge < -0.3 is 10.1 Å². The lowest BCUT2D eigenvalue weighted by molar-refractivity contribution is -0.384. The Bertz CT molecular complexity index is 923. The Balaban J connectivity index is 2.03. The summed E-state index contributed by atoms with van der Waals surface area (Å²) in [6, 6.07) is 10.2. The van der Waals surface area contributed by atoms with Crippen molar-refractivity contribution in [2.75, 3.05) is 19.9 Å². The molecule has 8 nitrogen and oxygen atoms in total. The number of methoxy groups -OCH3 is 1. The Morgan fingerprint density at radius 2 is 1.85 bits per heavy atom. The van der Waals surface area contributed by atoms with Crippen molar-refractivity contribution >= 4 is 21.4 Å². The number of benzene rings is 2. The van der Waals surface area contributed by atoms with Crippen LogP contribution < -0.4 is 10.1 Å². The van der Waals surface area contributed by atoms with Crippen LogP contribution in [0.4, 0.5) is 5.69 Å². The van der Waals surface area contributed by atoms with Crippen molar-refractivity contribution in [2.45, 2.75) is 11.3 Å². The fraction of sp³-hybridized carbons (Fsp3) is 0.235. The number of nitrogens with one attached hydrogen (secondary N) is 1. The summed E-state index contributed by atoms with van der Waals surface area (Å²) in [5.41, 5.74) is 1.04. The highest BCUT2D eigenvalue weighted by Crippen LogP contribution is 2.24. The van der Waals surface area contributed by atoms with Gasteiger partial charge in [-0.3, -0.25) is 14.9 Å². The first-order chi connectivity index (χ1) is 12.2. The van der Waals surface area contributed by atoms with Gasteiger partial charge in [-0.2, -0.15) is 0 Å². The summed E-state index contributed by atoms with van der Waals surface area (Å²) in [6.07, 6.45) is 1.53. The van der Waals surface area contributed by atoms with Crippen LogP contribution in [0.25, 0.3) is 0 Å². The number of nitro groups is 1. The molecule has 0 saturated carbocycles. The van der Waals surface area contributed by atoms with Crippen molar-refractivity contribution in [2.24, 2.45) is 0 Å². The Morgan fingerprint density at radius 1 is 1.19 bits per heavy atom. The van der Waals surface area contributed by atoms with Crippen LogP contribution in [0.1, 0.15) is 15.9 Å². The first kappa shape index (κ1) is 19.4. The van der Waals surface area contributed by atoms with Crippen LogP contribution in [0.5, 0.6) is 5.75 Å². The zero-order valence-electron chi connectivity index (χ0n) is 14.3. The smallest absolute Gasteiger partial charge is 0.269 e. The molecule has 2 rings (SSSR count). The number of amides is 1. The summed E-state index contributed by atoms with van der Waals surface area (Å²) in [7, 11) is -2.18. The minimum Gasteiger partial charge on any atom is -0.495 e. The molecule has 26 heavy (non-hydrogen) atoms. The molecule has 2 aromatic carbocycles. The molecule has 1 amide bonds. The number of carbonyl (C=O) groups excluding carboxylic acids is 1. The van der Waals surface area contributed by atoms with Crippen molar-refractivity contribution in [1.82, 2.24) is 5.32 Å². The summed E-state index contributed by atoms with van der Waals surface area (Å²) in [5, 5.41) is 13.3. The molecule has 0 aromatic heterocycles. The van der Waals surface area contributed by atoms with Gasteiger partial charge in [0.1, 0.15) is 10.6 Å². The Labute approximate surface area is 150 Å². The number of nitro benzene ring substituents is 1. The van der Waals surface area contributed by atoms with Gasteiger partial charge in [0, 0.05) is 30.5 Å². The fourth-order valence-corrected chi connectivity index (χ4v) is 3.17.